The van der Waals surface area contributed by atoms with Gasteiger partial charge in [0.1, 0.15) is 30.7 Å². The van der Waals surface area contributed by atoms with Crippen molar-refractivity contribution in [3.8, 4) is 5.75 Å². The van der Waals surface area contributed by atoms with Gasteiger partial charge in [0.2, 0.25) is 0 Å². The highest BCUT2D eigenvalue weighted by atomic mass is 16.8. The highest BCUT2D eigenvalue weighted by molar-refractivity contribution is 5.27. The monoisotopic (exact) mass is 336 g/mol. The van der Waals surface area contributed by atoms with E-state index in [2.05, 4.69) is 0 Å². The highest BCUT2D eigenvalue weighted by Crippen LogP contribution is 2.35. The molecule has 0 radical (unpaired) electrons. The molecule has 2 aliphatic rings. The summed E-state index contributed by atoms with van der Waals surface area (Å²) in [5.74, 6) is 0.573. The van der Waals surface area contributed by atoms with Crippen molar-refractivity contribution in [1.82, 2.24) is 0 Å². The number of aliphatic hydroxyl groups excluding tert-OH is 2. The van der Waals surface area contributed by atoms with Gasteiger partial charge in [-0.05, 0) is 37.6 Å². The fourth-order valence-corrected chi connectivity index (χ4v) is 3.01. The minimum Gasteiger partial charge on any atom is -0.497 e. The van der Waals surface area contributed by atoms with Crippen LogP contribution in [-0.4, -0.2) is 47.5 Å². The summed E-state index contributed by atoms with van der Waals surface area (Å²) >= 11 is 0. The van der Waals surface area contributed by atoms with Crippen LogP contribution in [0, 0.1) is 0 Å². The minimum absolute atomic E-state index is 0.220. The third-order valence-corrected chi connectivity index (χ3v) is 4.24. The van der Waals surface area contributed by atoms with Gasteiger partial charge < -0.3 is 29.2 Å². The summed E-state index contributed by atoms with van der Waals surface area (Å²) in [4.78, 5) is 0. The highest BCUT2D eigenvalue weighted by Gasteiger charge is 2.47. The van der Waals surface area contributed by atoms with E-state index in [4.69, 9.17) is 18.9 Å². The lowest BCUT2D eigenvalue weighted by atomic mass is 10.1. The van der Waals surface area contributed by atoms with Crippen LogP contribution in [0.3, 0.4) is 0 Å². The molecule has 0 aromatic heterocycles. The first-order chi connectivity index (χ1) is 11.4. The summed E-state index contributed by atoms with van der Waals surface area (Å²) in [6.45, 7) is 3.93. The third-order valence-electron chi connectivity index (χ3n) is 4.24. The Balaban J connectivity index is 1.70. The van der Waals surface area contributed by atoms with E-state index in [1.54, 1.807) is 27.0 Å². The molecule has 1 saturated heterocycles. The number of fused-ring (bicyclic) bond motifs is 1. The van der Waals surface area contributed by atoms with Gasteiger partial charge in [0.15, 0.2) is 5.79 Å². The topological polar surface area (TPSA) is 77.4 Å². The van der Waals surface area contributed by atoms with E-state index in [1.807, 2.05) is 24.3 Å². The van der Waals surface area contributed by atoms with Crippen LogP contribution in [-0.2, 0) is 20.8 Å². The fourth-order valence-electron chi connectivity index (χ4n) is 3.01. The lowest BCUT2D eigenvalue weighted by Gasteiger charge is -2.23. The van der Waals surface area contributed by atoms with E-state index >= 15 is 0 Å². The van der Waals surface area contributed by atoms with Crippen molar-refractivity contribution in [3.63, 3.8) is 0 Å². The molecule has 24 heavy (non-hydrogen) atoms. The van der Waals surface area contributed by atoms with E-state index in [0.29, 0.717) is 12.4 Å². The molecule has 0 bridgehead atoms. The second kappa shape index (κ2) is 6.72. The lowest BCUT2D eigenvalue weighted by Crippen LogP contribution is -2.41. The van der Waals surface area contributed by atoms with Crippen molar-refractivity contribution in [2.24, 2.45) is 0 Å². The van der Waals surface area contributed by atoms with E-state index in [-0.39, 0.29) is 6.42 Å². The van der Waals surface area contributed by atoms with Gasteiger partial charge in [-0.1, -0.05) is 12.1 Å². The third kappa shape index (κ3) is 3.72. The predicted octanol–water partition coefficient (Wildman–Crippen LogP) is 1.74. The van der Waals surface area contributed by atoms with Gasteiger partial charge in [-0.25, -0.2) is 0 Å². The van der Waals surface area contributed by atoms with Crippen molar-refractivity contribution in [1.29, 1.82) is 0 Å². The summed E-state index contributed by atoms with van der Waals surface area (Å²) in [5, 5.41) is 20.5. The average molecular weight is 336 g/mol. The second-order valence-corrected chi connectivity index (χ2v) is 6.60. The SMILES string of the molecule is COc1ccc(COC2=C[C@@H]3OC(C)(C)O[C@@H]3[C@@H](O)C(O)C2)cc1. The number of methoxy groups -OCH3 is 1. The maximum atomic E-state index is 10.3. The van der Waals surface area contributed by atoms with Gasteiger partial charge in [-0.2, -0.15) is 0 Å². The van der Waals surface area contributed by atoms with Gasteiger partial charge in [-0.3, -0.25) is 0 Å². The molecule has 1 fully saturated rings. The van der Waals surface area contributed by atoms with E-state index in [9.17, 15) is 10.2 Å². The Labute approximate surface area is 141 Å². The lowest BCUT2D eigenvalue weighted by molar-refractivity contribution is -0.162. The first kappa shape index (κ1) is 17.2. The average Bonchev–Trinajstić information content (AvgIpc) is 2.81. The molecule has 1 aliphatic heterocycles. The Morgan fingerprint density at radius 2 is 1.88 bits per heavy atom. The van der Waals surface area contributed by atoms with Crippen molar-refractivity contribution in [2.45, 2.75) is 57.1 Å². The standard InChI is InChI=1S/C18H24O6/c1-18(2)23-15-9-13(8-14(19)16(20)17(15)24-18)22-10-11-4-6-12(21-3)7-5-11/h4-7,9,14-17,19-20H,8,10H2,1-3H3/t14?,15-,16-,17-/m0/s1. The van der Waals surface area contributed by atoms with Crippen LogP contribution in [0.5, 0.6) is 5.75 Å². The van der Waals surface area contributed by atoms with E-state index in [0.717, 1.165) is 11.3 Å². The summed E-state index contributed by atoms with van der Waals surface area (Å²) < 4.78 is 22.5. The first-order valence-corrected chi connectivity index (χ1v) is 8.06. The molecule has 3 rings (SSSR count). The van der Waals surface area contributed by atoms with Crippen LogP contribution in [0.25, 0.3) is 0 Å². The van der Waals surface area contributed by atoms with Gasteiger partial charge >= 0.3 is 0 Å². The Hall–Kier alpha value is -1.60. The molecule has 6 nitrogen and oxygen atoms in total. The zero-order valence-corrected chi connectivity index (χ0v) is 14.1. The molecule has 4 atom stereocenters. The number of hydrogen-bond acceptors (Lipinski definition) is 6. The van der Waals surface area contributed by atoms with Gasteiger partial charge in [0, 0.05) is 6.42 Å². The van der Waals surface area contributed by atoms with Crippen LogP contribution in [0.2, 0.25) is 0 Å². The molecule has 1 aliphatic carbocycles. The molecule has 1 unspecified atom stereocenters. The summed E-state index contributed by atoms with van der Waals surface area (Å²) in [6.07, 6.45) is -1.01. The molecule has 1 aromatic rings. The maximum Gasteiger partial charge on any atom is 0.164 e. The quantitative estimate of drug-likeness (QED) is 0.872. The largest absolute Gasteiger partial charge is 0.497 e. The van der Waals surface area contributed by atoms with Crippen LogP contribution in [0.1, 0.15) is 25.8 Å². The zero-order valence-electron chi connectivity index (χ0n) is 14.1. The van der Waals surface area contributed by atoms with Crippen molar-refractivity contribution in [3.05, 3.63) is 41.7 Å². The van der Waals surface area contributed by atoms with Crippen molar-refractivity contribution in [2.75, 3.05) is 7.11 Å². The van der Waals surface area contributed by atoms with Gasteiger partial charge in [0.25, 0.3) is 0 Å². The number of ether oxygens (including phenoxy) is 4. The van der Waals surface area contributed by atoms with Crippen molar-refractivity contribution >= 4 is 0 Å². The number of aliphatic hydroxyl groups is 2. The second-order valence-electron chi connectivity index (χ2n) is 6.60. The Morgan fingerprint density at radius 1 is 1.17 bits per heavy atom. The maximum absolute atomic E-state index is 10.3. The fraction of sp³-hybridized carbons (Fsp3) is 0.556. The molecular formula is C18H24O6. The smallest absolute Gasteiger partial charge is 0.164 e. The summed E-state index contributed by atoms with van der Waals surface area (Å²) in [6, 6.07) is 7.57. The number of hydrogen-bond donors (Lipinski definition) is 2. The predicted molar refractivity (Wildman–Crippen MR) is 86.3 cm³/mol. The molecule has 0 amide bonds. The normalized spacial score (nSPS) is 31.8. The molecule has 0 spiro atoms. The van der Waals surface area contributed by atoms with E-state index < -0.39 is 30.2 Å². The first-order valence-electron chi connectivity index (χ1n) is 8.06. The Kier molecular flexibility index (Phi) is 4.83. The molecule has 1 heterocycles. The van der Waals surface area contributed by atoms with E-state index in [1.165, 1.54) is 0 Å². The Morgan fingerprint density at radius 3 is 2.54 bits per heavy atom. The van der Waals surface area contributed by atoms with Crippen LogP contribution < -0.4 is 4.74 Å². The molecule has 2 N–H and O–H groups in total. The minimum atomic E-state index is -1.02. The molecule has 6 heteroatoms. The molecular weight excluding hydrogens is 312 g/mol. The van der Waals surface area contributed by atoms with Crippen molar-refractivity contribution < 1.29 is 29.2 Å². The van der Waals surface area contributed by atoms with Crippen LogP contribution in [0.4, 0.5) is 0 Å². The Bertz CT molecular complexity index is 594. The van der Waals surface area contributed by atoms with Gasteiger partial charge in [0.05, 0.1) is 19.0 Å². The van der Waals surface area contributed by atoms with Crippen LogP contribution in [0.15, 0.2) is 36.1 Å². The molecule has 132 valence electrons. The van der Waals surface area contributed by atoms with Crippen LogP contribution >= 0.6 is 0 Å². The number of rotatable bonds is 4. The molecule has 1 aromatic carbocycles. The zero-order chi connectivity index (χ0) is 17.3. The molecule has 0 saturated carbocycles. The summed E-state index contributed by atoms with van der Waals surface area (Å²) in [5.41, 5.74) is 0.983. The van der Waals surface area contributed by atoms with Gasteiger partial charge in [-0.15, -0.1) is 0 Å². The number of benzene rings is 1. The summed E-state index contributed by atoms with van der Waals surface area (Å²) in [7, 11) is 1.62.